The Labute approximate surface area is 74.0 Å². The predicted octanol–water partition coefficient (Wildman–Crippen LogP) is -0.543. The topological polar surface area (TPSA) is 98.2 Å². The lowest BCUT2D eigenvalue weighted by Gasteiger charge is -1.96. The summed E-state index contributed by atoms with van der Waals surface area (Å²) in [6.07, 6.45) is 1.65. The second-order valence-corrected chi connectivity index (χ2v) is 2.49. The quantitative estimate of drug-likeness (QED) is 0.654. The van der Waals surface area contributed by atoms with Crippen molar-refractivity contribution in [3.05, 3.63) is 18.0 Å². The van der Waals surface area contributed by atoms with Crippen molar-refractivity contribution in [3.8, 4) is 0 Å². The Morgan fingerprint density at radius 1 is 1.62 bits per heavy atom. The third-order valence-electron chi connectivity index (χ3n) is 1.45. The molecule has 6 nitrogen and oxygen atoms in total. The zero-order chi connectivity index (χ0) is 9.84. The van der Waals surface area contributed by atoms with Crippen molar-refractivity contribution in [3.63, 3.8) is 0 Å². The summed E-state index contributed by atoms with van der Waals surface area (Å²) < 4.78 is 1.37. The van der Waals surface area contributed by atoms with Crippen molar-refractivity contribution in [1.29, 1.82) is 0 Å². The molecule has 0 spiro atoms. The highest BCUT2D eigenvalue weighted by atomic mass is 16.4. The Morgan fingerprint density at radius 2 is 2.31 bits per heavy atom. The summed E-state index contributed by atoms with van der Waals surface area (Å²) >= 11 is 0. The second kappa shape index (κ2) is 3.70. The first-order chi connectivity index (χ1) is 6.09. The van der Waals surface area contributed by atoms with Gasteiger partial charge in [-0.05, 0) is 6.07 Å². The molecule has 0 atom stereocenters. The van der Waals surface area contributed by atoms with E-state index >= 15 is 0 Å². The van der Waals surface area contributed by atoms with Gasteiger partial charge in [-0.2, -0.15) is 5.10 Å². The van der Waals surface area contributed by atoms with Crippen LogP contribution < -0.4 is 5.73 Å². The number of carboxylic acid groups (broad SMARTS) is 1. The minimum atomic E-state index is -1.09. The fourth-order valence-corrected chi connectivity index (χ4v) is 0.825. The maximum atomic E-state index is 10.4. The Bertz CT molecular complexity index is 331. The van der Waals surface area contributed by atoms with Crippen LogP contribution in [0.4, 0.5) is 0 Å². The number of aromatic carboxylic acids is 1. The molecule has 3 N–H and O–H groups in total. The van der Waals surface area contributed by atoms with Crippen LogP contribution in [0, 0.1) is 0 Å². The first-order valence-electron chi connectivity index (χ1n) is 3.64. The maximum absolute atomic E-state index is 10.4. The molecular formula is C7H9N3O3. The normalized spacial score (nSPS) is 9.85. The van der Waals surface area contributed by atoms with Gasteiger partial charge in [0.1, 0.15) is 0 Å². The molecule has 1 amide bonds. The van der Waals surface area contributed by atoms with E-state index in [1.165, 1.54) is 16.9 Å². The summed E-state index contributed by atoms with van der Waals surface area (Å²) in [6.45, 7) is 0.308. The van der Waals surface area contributed by atoms with Crippen molar-refractivity contribution in [2.75, 3.05) is 0 Å². The smallest absolute Gasteiger partial charge is 0.356 e. The van der Waals surface area contributed by atoms with Gasteiger partial charge in [0.05, 0.1) is 0 Å². The molecule has 1 rings (SSSR count). The molecule has 6 heteroatoms. The third kappa shape index (κ3) is 2.58. The summed E-state index contributed by atoms with van der Waals surface area (Å²) in [5, 5.41) is 12.2. The van der Waals surface area contributed by atoms with E-state index in [0.29, 0.717) is 6.54 Å². The highest BCUT2D eigenvalue weighted by molar-refractivity contribution is 5.85. The fourth-order valence-electron chi connectivity index (χ4n) is 0.825. The Balaban J connectivity index is 2.59. The van der Waals surface area contributed by atoms with Gasteiger partial charge < -0.3 is 10.8 Å². The zero-order valence-corrected chi connectivity index (χ0v) is 6.80. The van der Waals surface area contributed by atoms with E-state index in [1.54, 1.807) is 0 Å². The average Bonchev–Trinajstić information content (AvgIpc) is 2.48. The summed E-state index contributed by atoms with van der Waals surface area (Å²) in [5.74, 6) is -1.52. The Kier molecular flexibility index (Phi) is 2.63. The SMILES string of the molecule is NC(=O)CCn1ccc(C(=O)O)n1. The monoisotopic (exact) mass is 183 g/mol. The molecule has 0 saturated carbocycles. The number of carboxylic acids is 1. The summed E-state index contributed by atoms with van der Waals surface area (Å²) in [6, 6.07) is 1.36. The molecule has 13 heavy (non-hydrogen) atoms. The highest BCUT2D eigenvalue weighted by Crippen LogP contribution is 1.96. The van der Waals surface area contributed by atoms with Crippen LogP contribution >= 0.6 is 0 Å². The fraction of sp³-hybridized carbons (Fsp3) is 0.286. The van der Waals surface area contributed by atoms with E-state index in [-0.39, 0.29) is 12.1 Å². The standard InChI is InChI=1S/C7H9N3O3/c8-6(11)2-4-10-3-1-5(9-10)7(12)13/h1,3H,2,4H2,(H2,8,11)(H,12,13). The van der Waals surface area contributed by atoms with E-state index in [2.05, 4.69) is 5.10 Å². The van der Waals surface area contributed by atoms with Gasteiger partial charge in [-0.3, -0.25) is 9.48 Å². The van der Waals surface area contributed by atoms with Gasteiger partial charge in [0, 0.05) is 19.2 Å². The van der Waals surface area contributed by atoms with E-state index in [0.717, 1.165) is 0 Å². The number of primary amides is 1. The third-order valence-corrected chi connectivity index (χ3v) is 1.45. The predicted molar refractivity (Wildman–Crippen MR) is 43.0 cm³/mol. The molecule has 0 aromatic carbocycles. The molecule has 0 bridgehead atoms. The van der Waals surface area contributed by atoms with E-state index < -0.39 is 11.9 Å². The van der Waals surface area contributed by atoms with Gasteiger partial charge in [0.25, 0.3) is 0 Å². The lowest BCUT2D eigenvalue weighted by molar-refractivity contribution is -0.118. The van der Waals surface area contributed by atoms with Crippen LogP contribution in [0.25, 0.3) is 0 Å². The summed E-state index contributed by atoms with van der Waals surface area (Å²) in [4.78, 5) is 20.8. The van der Waals surface area contributed by atoms with Gasteiger partial charge in [-0.1, -0.05) is 0 Å². The number of rotatable bonds is 4. The number of aromatic nitrogens is 2. The molecule has 1 aromatic heterocycles. The zero-order valence-electron chi connectivity index (χ0n) is 6.80. The van der Waals surface area contributed by atoms with Crippen molar-refractivity contribution in [1.82, 2.24) is 9.78 Å². The van der Waals surface area contributed by atoms with Crippen LogP contribution in [-0.2, 0) is 11.3 Å². The van der Waals surface area contributed by atoms with Gasteiger partial charge in [0.2, 0.25) is 5.91 Å². The molecule has 0 aliphatic rings. The highest BCUT2D eigenvalue weighted by Gasteiger charge is 2.06. The lowest BCUT2D eigenvalue weighted by Crippen LogP contribution is -2.14. The molecule has 1 heterocycles. The van der Waals surface area contributed by atoms with Crippen molar-refractivity contribution < 1.29 is 14.7 Å². The largest absolute Gasteiger partial charge is 0.476 e. The second-order valence-electron chi connectivity index (χ2n) is 2.49. The van der Waals surface area contributed by atoms with Crippen molar-refractivity contribution in [2.45, 2.75) is 13.0 Å². The summed E-state index contributed by atoms with van der Waals surface area (Å²) in [7, 11) is 0. The number of nitrogens with zero attached hydrogens (tertiary/aromatic N) is 2. The molecule has 0 saturated heterocycles. The first-order valence-corrected chi connectivity index (χ1v) is 3.64. The minimum Gasteiger partial charge on any atom is -0.476 e. The van der Waals surface area contributed by atoms with Gasteiger partial charge >= 0.3 is 5.97 Å². The molecule has 0 unspecified atom stereocenters. The number of carbonyl (C=O) groups is 2. The molecular weight excluding hydrogens is 174 g/mol. The van der Waals surface area contributed by atoms with Crippen LogP contribution in [-0.4, -0.2) is 26.8 Å². The molecule has 0 fully saturated rings. The van der Waals surface area contributed by atoms with Crippen molar-refractivity contribution >= 4 is 11.9 Å². The number of nitrogens with two attached hydrogens (primary N) is 1. The average molecular weight is 183 g/mol. The van der Waals surface area contributed by atoms with Gasteiger partial charge in [0.15, 0.2) is 5.69 Å². The van der Waals surface area contributed by atoms with E-state index in [4.69, 9.17) is 10.8 Å². The molecule has 0 radical (unpaired) electrons. The van der Waals surface area contributed by atoms with Crippen LogP contribution in [0.15, 0.2) is 12.3 Å². The number of carbonyl (C=O) groups excluding carboxylic acids is 1. The number of amides is 1. The number of hydrogen-bond donors (Lipinski definition) is 2. The van der Waals surface area contributed by atoms with Crippen LogP contribution in [0.2, 0.25) is 0 Å². The molecule has 0 aliphatic heterocycles. The van der Waals surface area contributed by atoms with Crippen LogP contribution in [0.1, 0.15) is 16.9 Å². The molecule has 70 valence electrons. The molecule has 1 aromatic rings. The first kappa shape index (κ1) is 9.24. The Morgan fingerprint density at radius 3 is 2.77 bits per heavy atom. The van der Waals surface area contributed by atoms with Crippen molar-refractivity contribution in [2.24, 2.45) is 5.73 Å². The minimum absolute atomic E-state index is 0.0375. The number of aryl methyl sites for hydroxylation is 1. The Hall–Kier alpha value is -1.85. The van der Waals surface area contributed by atoms with Gasteiger partial charge in [-0.25, -0.2) is 4.79 Å². The van der Waals surface area contributed by atoms with Crippen LogP contribution in [0.3, 0.4) is 0 Å². The van der Waals surface area contributed by atoms with E-state index in [1.807, 2.05) is 0 Å². The molecule has 0 aliphatic carbocycles. The lowest BCUT2D eigenvalue weighted by atomic mass is 10.4. The van der Waals surface area contributed by atoms with E-state index in [9.17, 15) is 9.59 Å². The summed E-state index contributed by atoms with van der Waals surface area (Å²) in [5.41, 5.74) is 4.87. The van der Waals surface area contributed by atoms with Crippen LogP contribution in [0.5, 0.6) is 0 Å². The van der Waals surface area contributed by atoms with Gasteiger partial charge in [-0.15, -0.1) is 0 Å². The number of hydrogen-bond acceptors (Lipinski definition) is 3. The maximum Gasteiger partial charge on any atom is 0.356 e.